The van der Waals surface area contributed by atoms with E-state index in [0.29, 0.717) is 48.1 Å². The van der Waals surface area contributed by atoms with Crippen LogP contribution in [0.1, 0.15) is 35.0 Å². The third-order valence-electron chi connectivity index (χ3n) is 4.35. The van der Waals surface area contributed by atoms with Crippen LogP contribution in [0.2, 0.25) is 5.28 Å². The zero-order valence-corrected chi connectivity index (χ0v) is 15.5. The van der Waals surface area contributed by atoms with E-state index < -0.39 is 5.97 Å². The number of carbonyl (C=O) groups is 2. The molecule has 0 amide bonds. The summed E-state index contributed by atoms with van der Waals surface area (Å²) in [5, 5.41) is 10.0. The van der Waals surface area contributed by atoms with Crippen molar-refractivity contribution in [3.63, 3.8) is 0 Å². The number of esters is 1. The topological polar surface area (TPSA) is 92.6 Å². The molecular formula is C16H18ClN3O4S. The van der Waals surface area contributed by atoms with E-state index in [1.54, 1.807) is 6.92 Å². The minimum atomic E-state index is -0.762. The SMILES string of the molecule is CCOC(=O)c1sc2nc(Cl)nc(N3CCC(C(=O)O)CC3)c2c1C. The zero-order chi connectivity index (χ0) is 18.1. The molecule has 9 heteroatoms. The number of nitrogens with zero attached hydrogens (tertiary/aromatic N) is 3. The summed E-state index contributed by atoms with van der Waals surface area (Å²) in [5.41, 5.74) is 0.769. The van der Waals surface area contributed by atoms with Crippen molar-refractivity contribution in [1.29, 1.82) is 0 Å². The van der Waals surface area contributed by atoms with Crippen LogP contribution in [0.15, 0.2) is 0 Å². The van der Waals surface area contributed by atoms with E-state index in [9.17, 15) is 9.59 Å². The van der Waals surface area contributed by atoms with Gasteiger partial charge in [-0.05, 0) is 43.9 Å². The van der Waals surface area contributed by atoms with Crippen LogP contribution in [0.3, 0.4) is 0 Å². The number of thiophene rings is 1. The van der Waals surface area contributed by atoms with E-state index in [0.717, 1.165) is 10.9 Å². The number of hydrogen-bond donors (Lipinski definition) is 1. The molecule has 1 aliphatic rings. The number of rotatable bonds is 4. The van der Waals surface area contributed by atoms with Gasteiger partial charge < -0.3 is 14.7 Å². The number of aryl methyl sites for hydroxylation is 1. The van der Waals surface area contributed by atoms with Gasteiger partial charge in [-0.3, -0.25) is 4.79 Å². The molecule has 2 aromatic heterocycles. The molecule has 134 valence electrons. The highest BCUT2D eigenvalue weighted by atomic mass is 35.5. The van der Waals surface area contributed by atoms with Gasteiger partial charge >= 0.3 is 11.9 Å². The lowest BCUT2D eigenvalue weighted by atomic mass is 9.97. The molecule has 0 saturated carbocycles. The highest BCUT2D eigenvalue weighted by Gasteiger charge is 2.28. The Kier molecular flexibility index (Phi) is 5.10. The average Bonchev–Trinajstić information content (AvgIpc) is 2.91. The van der Waals surface area contributed by atoms with Gasteiger partial charge in [0, 0.05) is 13.1 Å². The Labute approximate surface area is 153 Å². The molecule has 3 heterocycles. The summed E-state index contributed by atoms with van der Waals surface area (Å²) in [6.45, 7) is 5.05. The summed E-state index contributed by atoms with van der Waals surface area (Å²) in [6, 6.07) is 0. The number of carbonyl (C=O) groups excluding carboxylic acids is 1. The van der Waals surface area contributed by atoms with Gasteiger partial charge in [0.25, 0.3) is 0 Å². The largest absolute Gasteiger partial charge is 0.481 e. The van der Waals surface area contributed by atoms with Crippen LogP contribution in [0.25, 0.3) is 10.2 Å². The normalized spacial score (nSPS) is 15.6. The van der Waals surface area contributed by atoms with Gasteiger partial charge in [0.2, 0.25) is 5.28 Å². The van der Waals surface area contributed by atoms with E-state index in [1.807, 2.05) is 11.8 Å². The van der Waals surface area contributed by atoms with Crippen LogP contribution in [0.5, 0.6) is 0 Å². The Morgan fingerprint density at radius 2 is 2.04 bits per heavy atom. The number of carboxylic acid groups (broad SMARTS) is 1. The number of hydrogen-bond acceptors (Lipinski definition) is 7. The highest BCUT2D eigenvalue weighted by molar-refractivity contribution is 7.20. The monoisotopic (exact) mass is 383 g/mol. The van der Waals surface area contributed by atoms with Gasteiger partial charge in [-0.2, -0.15) is 4.98 Å². The summed E-state index contributed by atoms with van der Waals surface area (Å²) in [7, 11) is 0. The predicted molar refractivity (Wildman–Crippen MR) is 95.7 cm³/mol. The van der Waals surface area contributed by atoms with Crippen molar-refractivity contribution >= 4 is 50.9 Å². The number of aliphatic carboxylic acids is 1. The zero-order valence-electron chi connectivity index (χ0n) is 13.9. The number of fused-ring (bicyclic) bond motifs is 1. The maximum Gasteiger partial charge on any atom is 0.348 e. The van der Waals surface area contributed by atoms with Gasteiger partial charge in [0.05, 0.1) is 17.9 Å². The minimum Gasteiger partial charge on any atom is -0.481 e. The molecule has 0 aliphatic carbocycles. The molecular weight excluding hydrogens is 366 g/mol. The second kappa shape index (κ2) is 7.13. The molecule has 25 heavy (non-hydrogen) atoms. The number of aromatic nitrogens is 2. The Hall–Kier alpha value is -1.93. The molecule has 7 nitrogen and oxygen atoms in total. The van der Waals surface area contributed by atoms with Gasteiger partial charge in [-0.1, -0.05) is 0 Å². The Morgan fingerprint density at radius 3 is 2.64 bits per heavy atom. The standard InChI is InChI=1S/C16H18ClN3O4S/c1-3-24-15(23)11-8(2)10-12(18-16(17)19-13(10)25-11)20-6-4-9(5-7-20)14(21)22/h9H,3-7H2,1-2H3,(H,21,22). The van der Waals surface area contributed by atoms with E-state index in [1.165, 1.54) is 11.3 Å². The average molecular weight is 384 g/mol. The van der Waals surface area contributed by atoms with E-state index >= 15 is 0 Å². The van der Waals surface area contributed by atoms with Crippen LogP contribution in [-0.4, -0.2) is 46.7 Å². The molecule has 1 saturated heterocycles. The quantitative estimate of drug-likeness (QED) is 0.640. The van der Waals surface area contributed by atoms with Crippen molar-refractivity contribution in [2.45, 2.75) is 26.7 Å². The smallest absolute Gasteiger partial charge is 0.348 e. The predicted octanol–water partition coefficient (Wildman–Crippen LogP) is 3.13. The van der Waals surface area contributed by atoms with E-state index in [4.69, 9.17) is 21.4 Å². The Bertz CT molecular complexity index is 830. The molecule has 1 fully saturated rings. The molecule has 0 atom stereocenters. The third kappa shape index (κ3) is 3.41. The molecule has 0 radical (unpaired) electrons. The van der Waals surface area contributed by atoms with Crippen LogP contribution in [-0.2, 0) is 9.53 Å². The second-order valence-corrected chi connectivity index (χ2v) is 7.21. The minimum absolute atomic E-state index is 0.111. The Balaban J connectivity index is 2.01. The third-order valence-corrected chi connectivity index (χ3v) is 5.68. The molecule has 0 unspecified atom stereocenters. The second-order valence-electron chi connectivity index (χ2n) is 5.87. The Morgan fingerprint density at radius 1 is 1.36 bits per heavy atom. The van der Waals surface area contributed by atoms with Gasteiger partial charge in [-0.15, -0.1) is 11.3 Å². The van der Waals surface area contributed by atoms with Crippen LogP contribution < -0.4 is 4.90 Å². The van der Waals surface area contributed by atoms with E-state index in [2.05, 4.69) is 9.97 Å². The summed E-state index contributed by atoms with van der Waals surface area (Å²) >= 11 is 7.31. The lowest BCUT2D eigenvalue weighted by Gasteiger charge is -2.31. The lowest BCUT2D eigenvalue weighted by Crippen LogP contribution is -2.37. The van der Waals surface area contributed by atoms with E-state index in [-0.39, 0.29) is 17.2 Å². The van der Waals surface area contributed by atoms with Gasteiger partial charge in [0.1, 0.15) is 15.5 Å². The van der Waals surface area contributed by atoms with Gasteiger partial charge in [-0.25, -0.2) is 9.78 Å². The summed E-state index contributed by atoms with van der Waals surface area (Å²) in [4.78, 5) is 35.0. The number of piperidine rings is 1. The lowest BCUT2D eigenvalue weighted by molar-refractivity contribution is -0.142. The van der Waals surface area contributed by atoms with Crippen LogP contribution in [0, 0.1) is 12.8 Å². The number of ether oxygens (including phenoxy) is 1. The fraction of sp³-hybridized carbons (Fsp3) is 0.500. The van der Waals surface area contributed by atoms with Crippen molar-refractivity contribution < 1.29 is 19.4 Å². The fourth-order valence-corrected chi connectivity index (χ4v) is 4.33. The van der Waals surface area contributed by atoms with Crippen molar-refractivity contribution in [1.82, 2.24) is 9.97 Å². The van der Waals surface area contributed by atoms with Crippen LogP contribution >= 0.6 is 22.9 Å². The first kappa shape index (κ1) is 17.9. The van der Waals surface area contributed by atoms with Crippen molar-refractivity contribution in [3.8, 4) is 0 Å². The molecule has 3 rings (SSSR count). The number of halogens is 1. The van der Waals surface area contributed by atoms with Gasteiger partial charge in [0.15, 0.2) is 0 Å². The molecule has 0 aromatic carbocycles. The van der Waals surface area contributed by atoms with Crippen LogP contribution in [0.4, 0.5) is 5.82 Å². The summed E-state index contributed by atoms with van der Waals surface area (Å²) in [6.07, 6.45) is 1.10. The highest BCUT2D eigenvalue weighted by Crippen LogP contribution is 2.37. The summed E-state index contributed by atoms with van der Waals surface area (Å²) < 4.78 is 5.11. The number of carboxylic acids is 1. The molecule has 0 spiro atoms. The maximum atomic E-state index is 12.2. The first-order valence-electron chi connectivity index (χ1n) is 8.03. The molecule has 1 N–H and O–H groups in total. The van der Waals surface area contributed by atoms with Crippen molar-refractivity contribution in [3.05, 3.63) is 15.7 Å². The van der Waals surface area contributed by atoms with Crippen molar-refractivity contribution in [2.75, 3.05) is 24.6 Å². The maximum absolute atomic E-state index is 12.2. The first-order valence-corrected chi connectivity index (χ1v) is 9.23. The molecule has 1 aliphatic heterocycles. The summed E-state index contributed by atoms with van der Waals surface area (Å²) in [5.74, 6) is -0.817. The molecule has 0 bridgehead atoms. The fourth-order valence-electron chi connectivity index (χ4n) is 3.05. The molecule has 2 aromatic rings. The van der Waals surface area contributed by atoms with Crippen molar-refractivity contribution in [2.24, 2.45) is 5.92 Å². The first-order chi connectivity index (χ1) is 11.9. The number of anilines is 1.